The maximum Gasteiger partial charge on any atom is 0.253 e. The van der Waals surface area contributed by atoms with Crippen molar-refractivity contribution in [2.24, 2.45) is 11.7 Å². The van der Waals surface area contributed by atoms with Crippen molar-refractivity contribution in [1.82, 2.24) is 4.90 Å². The Labute approximate surface area is 119 Å². The average Bonchev–Trinajstić information content (AvgIpc) is 2.46. The van der Waals surface area contributed by atoms with Crippen LogP contribution >= 0.6 is 0 Å². The molecule has 1 fully saturated rings. The molecule has 1 aromatic carbocycles. The smallest absolute Gasteiger partial charge is 0.253 e. The number of likely N-dealkylation sites (tertiary alicyclic amines) is 1. The van der Waals surface area contributed by atoms with Crippen LogP contribution in [0, 0.1) is 5.92 Å². The summed E-state index contributed by atoms with van der Waals surface area (Å²) in [4.78, 5) is 14.2. The van der Waals surface area contributed by atoms with Gasteiger partial charge in [0, 0.05) is 24.7 Å². The van der Waals surface area contributed by atoms with Crippen LogP contribution in [0.2, 0.25) is 0 Å². The summed E-state index contributed by atoms with van der Waals surface area (Å²) in [7, 11) is 1.48. The van der Waals surface area contributed by atoms with E-state index in [1.807, 2.05) is 11.8 Å². The third-order valence-electron chi connectivity index (χ3n) is 4.00. The molecule has 0 radical (unpaired) electrons. The normalized spacial score (nSPS) is 17.9. The number of hydrogen-bond acceptors (Lipinski definition) is 4. The zero-order valence-electron chi connectivity index (χ0n) is 12.0. The second-order valence-corrected chi connectivity index (χ2v) is 5.38. The Kier molecular flexibility index (Phi) is 4.49. The zero-order valence-corrected chi connectivity index (χ0v) is 12.0. The molecule has 110 valence electrons. The molecule has 20 heavy (non-hydrogen) atoms. The van der Waals surface area contributed by atoms with Crippen molar-refractivity contribution in [2.75, 3.05) is 20.2 Å². The number of rotatable bonds is 3. The summed E-state index contributed by atoms with van der Waals surface area (Å²) in [5, 5.41) is 9.74. The van der Waals surface area contributed by atoms with Gasteiger partial charge in [-0.1, -0.05) is 0 Å². The monoisotopic (exact) mass is 278 g/mol. The maximum absolute atomic E-state index is 12.4. The predicted molar refractivity (Wildman–Crippen MR) is 76.9 cm³/mol. The van der Waals surface area contributed by atoms with Crippen molar-refractivity contribution in [3.8, 4) is 11.5 Å². The highest BCUT2D eigenvalue weighted by Crippen LogP contribution is 2.28. The summed E-state index contributed by atoms with van der Waals surface area (Å²) in [5.74, 6) is 0.801. The Morgan fingerprint density at radius 2 is 2.10 bits per heavy atom. The summed E-state index contributed by atoms with van der Waals surface area (Å²) in [6, 6.07) is 4.92. The van der Waals surface area contributed by atoms with Gasteiger partial charge in [-0.15, -0.1) is 0 Å². The molecular formula is C15H22N2O3. The van der Waals surface area contributed by atoms with Gasteiger partial charge in [-0.2, -0.15) is 0 Å². The van der Waals surface area contributed by atoms with Crippen molar-refractivity contribution in [3.63, 3.8) is 0 Å². The lowest BCUT2D eigenvalue weighted by Crippen LogP contribution is -2.42. The van der Waals surface area contributed by atoms with E-state index in [2.05, 4.69) is 0 Å². The van der Waals surface area contributed by atoms with E-state index in [0.29, 0.717) is 17.2 Å². The number of carbonyl (C=O) groups excluding carboxylic acids is 1. The van der Waals surface area contributed by atoms with Gasteiger partial charge in [0.15, 0.2) is 11.5 Å². The van der Waals surface area contributed by atoms with Gasteiger partial charge in [-0.3, -0.25) is 4.79 Å². The Bertz CT molecular complexity index is 480. The van der Waals surface area contributed by atoms with Crippen LogP contribution in [0.15, 0.2) is 18.2 Å². The van der Waals surface area contributed by atoms with Crippen molar-refractivity contribution in [2.45, 2.75) is 25.8 Å². The summed E-state index contributed by atoms with van der Waals surface area (Å²) < 4.78 is 4.98. The van der Waals surface area contributed by atoms with Gasteiger partial charge < -0.3 is 20.5 Å². The first kappa shape index (κ1) is 14.7. The molecule has 1 atom stereocenters. The molecule has 0 aliphatic carbocycles. The lowest BCUT2D eigenvalue weighted by atomic mass is 9.90. The number of phenols is 1. The molecule has 1 saturated heterocycles. The maximum atomic E-state index is 12.4. The van der Waals surface area contributed by atoms with Gasteiger partial charge in [-0.05, 0) is 43.9 Å². The number of hydrogen-bond donors (Lipinski definition) is 2. The molecule has 5 nitrogen and oxygen atoms in total. The fourth-order valence-electron chi connectivity index (χ4n) is 2.63. The first-order chi connectivity index (χ1) is 9.52. The number of nitrogens with zero attached hydrogens (tertiary/aromatic N) is 1. The number of phenolic OH excluding ortho intramolecular Hbond substituents is 1. The quantitative estimate of drug-likeness (QED) is 0.880. The van der Waals surface area contributed by atoms with E-state index >= 15 is 0 Å². The Morgan fingerprint density at radius 3 is 2.60 bits per heavy atom. The number of amides is 1. The van der Waals surface area contributed by atoms with Gasteiger partial charge in [0.1, 0.15) is 0 Å². The Hall–Kier alpha value is -1.75. The third kappa shape index (κ3) is 3.04. The van der Waals surface area contributed by atoms with E-state index in [1.165, 1.54) is 13.2 Å². The van der Waals surface area contributed by atoms with Crippen LogP contribution in [-0.2, 0) is 0 Å². The predicted octanol–water partition coefficient (Wildman–Crippen LogP) is 1.60. The second kappa shape index (κ2) is 6.13. The molecule has 1 amide bonds. The fourth-order valence-corrected chi connectivity index (χ4v) is 2.63. The van der Waals surface area contributed by atoms with Crippen LogP contribution in [0.25, 0.3) is 0 Å². The largest absolute Gasteiger partial charge is 0.504 e. The highest BCUT2D eigenvalue weighted by Gasteiger charge is 2.25. The number of benzene rings is 1. The topological polar surface area (TPSA) is 75.8 Å². The molecule has 1 unspecified atom stereocenters. The highest BCUT2D eigenvalue weighted by molar-refractivity contribution is 5.95. The van der Waals surface area contributed by atoms with Crippen molar-refractivity contribution < 1.29 is 14.6 Å². The lowest BCUT2D eigenvalue weighted by Gasteiger charge is -2.33. The van der Waals surface area contributed by atoms with E-state index < -0.39 is 0 Å². The minimum atomic E-state index is -0.0499. The van der Waals surface area contributed by atoms with Gasteiger partial charge in [0.05, 0.1) is 7.11 Å². The molecule has 0 spiro atoms. The van der Waals surface area contributed by atoms with Gasteiger partial charge in [0.25, 0.3) is 5.91 Å². The second-order valence-electron chi connectivity index (χ2n) is 5.38. The molecular weight excluding hydrogens is 256 g/mol. The molecule has 1 aliphatic heterocycles. The lowest BCUT2D eigenvalue weighted by molar-refractivity contribution is 0.0680. The minimum absolute atomic E-state index is 0.0104. The molecule has 0 saturated carbocycles. The average molecular weight is 278 g/mol. The van der Waals surface area contributed by atoms with Gasteiger partial charge >= 0.3 is 0 Å². The van der Waals surface area contributed by atoms with Gasteiger partial charge in [0.2, 0.25) is 0 Å². The zero-order chi connectivity index (χ0) is 14.7. The van der Waals surface area contributed by atoms with Crippen LogP contribution in [0.5, 0.6) is 11.5 Å². The fraction of sp³-hybridized carbons (Fsp3) is 0.533. The van der Waals surface area contributed by atoms with E-state index in [1.54, 1.807) is 12.1 Å². The molecule has 1 aliphatic rings. The SMILES string of the molecule is COc1ccc(C(=O)N2CCC(C(C)N)CC2)cc1O. The van der Waals surface area contributed by atoms with Gasteiger partial charge in [-0.25, -0.2) is 0 Å². The van der Waals surface area contributed by atoms with Crippen LogP contribution in [0.3, 0.4) is 0 Å². The third-order valence-corrected chi connectivity index (χ3v) is 4.00. The molecule has 3 N–H and O–H groups in total. The summed E-state index contributed by atoms with van der Waals surface area (Å²) in [6.07, 6.45) is 1.87. The Balaban J connectivity index is 2.04. The summed E-state index contributed by atoms with van der Waals surface area (Å²) in [5.41, 5.74) is 6.39. The Morgan fingerprint density at radius 1 is 1.45 bits per heavy atom. The van der Waals surface area contributed by atoms with E-state index in [0.717, 1.165) is 25.9 Å². The number of nitrogens with two attached hydrogens (primary N) is 1. The number of carbonyl (C=O) groups is 1. The van der Waals surface area contributed by atoms with Crippen LogP contribution in [-0.4, -0.2) is 42.2 Å². The molecule has 1 heterocycles. The number of methoxy groups -OCH3 is 1. The van der Waals surface area contributed by atoms with Crippen LogP contribution < -0.4 is 10.5 Å². The molecule has 1 aromatic rings. The first-order valence-electron chi connectivity index (χ1n) is 6.94. The molecule has 2 rings (SSSR count). The van der Waals surface area contributed by atoms with Crippen LogP contribution in [0.4, 0.5) is 0 Å². The highest BCUT2D eigenvalue weighted by atomic mass is 16.5. The minimum Gasteiger partial charge on any atom is -0.504 e. The molecule has 0 aromatic heterocycles. The standard InChI is InChI=1S/C15H22N2O3/c1-10(16)11-5-7-17(8-6-11)15(19)12-3-4-14(20-2)13(18)9-12/h3-4,9-11,18H,5-8,16H2,1-2H3. The molecule has 0 bridgehead atoms. The molecule has 5 heteroatoms. The number of piperidine rings is 1. The van der Waals surface area contributed by atoms with E-state index in [-0.39, 0.29) is 17.7 Å². The van der Waals surface area contributed by atoms with Crippen LogP contribution in [0.1, 0.15) is 30.1 Å². The van der Waals surface area contributed by atoms with Crippen molar-refractivity contribution >= 4 is 5.91 Å². The van der Waals surface area contributed by atoms with Crippen molar-refractivity contribution in [3.05, 3.63) is 23.8 Å². The summed E-state index contributed by atoms with van der Waals surface area (Å²) >= 11 is 0. The van der Waals surface area contributed by atoms with E-state index in [4.69, 9.17) is 10.5 Å². The van der Waals surface area contributed by atoms with Crippen molar-refractivity contribution in [1.29, 1.82) is 0 Å². The first-order valence-corrected chi connectivity index (χ1v) is 6.94. The van der Waals surface area contributed by atoms with E-state index in [9.17, 15) is 9.90 Å². The summed E-state index contributed by atoms with van der Waals surface area (Å²) in [6.45, 7) is 3.46. The number of ether oxygens (including phenoxy) is 1. The number of aromatic hydroxyl groups is 1.